The van der Waals surface area contributed by atoms with E-state index >= 15 is 0 Å². The molecule has 1 atom stereocenters. The monoisotopic (exact) mass is 355 g/mol. The zero-order valence-corrected chi connectivity index (χ0v) is 15.9. The maximum absolute atomic E-state index is 4.49. The Bertz CT molecular complexity index is 706. The van der Waals surface area contributed by atoms with Gasteiger partial charge < -0.3 is 10.2 Å². The Balaban J connectivity index is 1.59. The summed E-state index contributed by atoms with van der Waals surface area (Å²) in [6.45, 7) is 9.52. The summed E-state index contributed by atoms with van der Waals surface area (Å²) in [6.07, 6.45) is 2.73. The predicted octanol–water partition coefficient (Wildman–Crippen LogP) is 1.96. The molecule has 3 rings (SSSR count). The maximum atomic E-state index is 4.49. The van der Waals surface area contributed by atoms with Crippen LogP contribution in [-0.4, -0.2) is 70.2 Å². The first-order valence-corrected chi connectivity index (χ1v) is 9.39. The molecule has 1 aromatic heterocycles. The second-order valence-corrected chi connectivity index (χ2v) is 6.54. The van der Waals surface area contributed by atoms with Crippen molar-refractivity contribution < 1.29 is 0 Å². The second kappa shape index (κ2) is 8.80. The van der Waals surface area contributed by atoms with Crippen molar-refractivity contribution in [3.05, 3.63) is 36.2 Å². The number of hydrogen-bond donors (Lipinski definition) is 2. The molecule has 0 spiro atoms. The molecule has 1 aromatic carbocycles. The molecule has 0 amide bonds. The third-order valence-electron chi connectivity index (χ3n) is 5.07. The smallest absolute Gasteiger partial charge is 0.193 e. The number of likely N-dealkylation sites (N-methyl/N-ethyl adjacent to an activating group) is 1. The number of nitrogens with one attached hydrogen (secondary N) is 2. The summed E-state index contributed by atoms with van der Waals surface area (Å²) in [5.41, 5.74) is 2.24. The van der Waals surface area contributed by atoms with Gasteiger partial charge in [-0.1, -0.05) is 32.0 Å². The lowest BCUT2D eigenvalue weighted by Crippen LogP contribution is -2.43. The quantitative estimate of drug-likeness (QED) is 0.612. The minimum absolute atomic E-state index is 0.623. The van der Waals surface area contributed by atoms with E-state index in [1.54, 1.807) is 0 Å². The van der Waals surface area contributed by atoms with Crippen molar-refractivity contribution in [2.75, 3.05) is 33.2 Å². The van der Waals surface area contributed by atoms with Gasteiger partial charge in [0.05, 0.1) is 0 Å². The van der Waals surface area contributed by atoms with Crippen LogP contribution in [-0.2, 0) is 6.54 Å². The highest BCUT2D eigenvalue weighted by Crippen LogP contribution is 2.17. The first kappa shape index (κ1) is 18.4. The number of nitrogens with zero attached hydrogens (tertiary/aromatic N) is 5. The van der Waals surface area contributed by atoms with E-state index in [0.717, 1.165) is 50.1 Å². The number of H-pyrrole nitrogens is 1. The maximum Gasteiger partial charge on any atom is 0.193 e. The fraction of sp³-hybridized carbons (Fsp3) is 0.526. The molecule has 2 heterocycles. The molecule has 0 aliphatic carbocycles. The first-order valence-electron chi connectivity index (χ1n) is 9.39. The van der Waals surface area contributed by atoms with Crippen LogP contribution in [0.5, 0.6) is 0 Å². The number of likely N-dealkylation sites (tertiary alicyclic amines) is 1. The summed E-state index contributed by atoms with van der Waals surface area (Å²) in [7, 11) is 1.86. The van der Waals surface area contributed by atoms with Gasteiger partial charge in [0.25, 0.3) is 0 Å². The highest BCUT2D eigenvalue weighted by molar-refractivity contribution is 5.80. The van der Waals surface area contributed by atoms with Gasteiger partial charge in [0.1, 0.15) is 6.33 Å². The molecule has 1 fully saturated rings. The van der Waals surface area contributed by atoms with Gasteiger partial charge in [-0.25, -0.2) is 4.98 Å². The van der Waals surface area contributed by atoms with Gasteiger partial charge in [-0.2, -0.15) is 5.10 Å². The van der Waals surface area contributed by atoms with Crippen molar-refractivity contribution in [2.24, 2.45) is 4.99 Å². The Morgan fingerprint density at radius 1 is 1.38 bits per heavy atom. The zero-order chi connectivity index (χ0) is 18.4. The van der Waals surface area contributed by atoms with Crippen LogP contribution in [0.25, 0.3) is 11.4 Å². The third kappa shape index (κ3) is 4.22. The minimum Gasteiger partial charge on any atom is -0.352 e. The summed E-state index contributed by atoms with van der Waals surface area (Å²) < 4.78 is 0. The third-order valence-corrected chi connectivity index (χ3v) is 5.07. The molecular weight excluding hydrogens is 326 g/mol. The van der Waals surface area contributed by atoms with Gasteiger partial charge in [-0.15, -0.1) is 0 Å². The molecule has 1 aliphatic rings. The van der Waals surface area contributed by atoms with Crippen molar-refractivity contribution in [1.82, 2.24) is 30.3 Å². The van der Waals surface area contributed by atoms with Gasteiger partial charge in [0.2, 0.25) is 0 Å². The Hall–Kier alpha value is -2.41. The van der Waals surface area contributed by atoms with Crippen LogP contribution in [0.3, 0.4) is 0 Å². The number of benzene rings is 1. The van der Waals surface area contributed by atoms with Crippen LogP contribution in [0, 0.1) is 0 Å². The number of rotatable bonds is 6. The predicted molar refractivity (Wildman–Crippen MR) is 105 cm³/mol. The largest absolute Gasteiger partial charge is 0.352 e. The highest BCUT2D eigenvalue weighted by atomic mass is 15.3. The molecule has 0 bridgehead atoms. The Kier molecular flexibility index (Phi) is 6.22. The van der Waals surface area contributed by atoms with E-state index in [1.165, 1.54) is 18.3 Å². The number of hydrogen-bond acceptors (Lipinski definition) is 4. The van der Waals surface area contributed by atoms with Crippen molar-refractivity contribution >= 4 is 5.96 Å². The average Bonchev–Trinajstić information content (AvgIpc) is 3.36. The van der Waals surface area contributed by atoms with Crippen LogP contribution in [0.1, 0.15) is 25.8 Å². The molecule has 1 aliphatic heterocycles. The summed E-state index contributed by atoms with van der Waals surface area (Å²) in [5, 5.41) is 10.3. The van der Waals surface area contributed by atoms with Crippen molar-refractivity contribution in [1.29, 1.82) is 0 Å². The minimum atomic E-state index is 0.623. The van der Waals surface area contributed by atoms with Gasteiger partial charge in [-0.3, -0.25) is 15.0 Å². The standard InChI is InChI=1S/C19H29N7/c1-4-25(5-2)17-9-10-26(13-17)19(20-3)21-12-15-7-6-8-16(11-15)18-22-14-23-24-18/h6-8,11,14,17H,4-5,9-10,12-13H2,1-3H3,(H,20,21)(H,22,23,24). The number of aromatic nitrogens is 3. The summed E-state index contributed by atoms with van der Waals surface area (Å²) in [6, 6.07) is 8.95. The van der Waals surface area contributed by atoms with E-state index < -0.39 is 0 Å². The summed E-state index contributed by atoms with van der Waals surface area (Å²) in [4.78, 5) is 13.6. The Labute approximate surface area is 155 Å². The fourth-order valence-electron chi connectivity index (χ4n) is 3.66. The molecular formula is C19H29N7. The normalized spacial score (nSPS) is 17.9. The lowest BCUT2D eigenvalue weighted by Gasteiger charge is -2.27. The molecule has 2 aromatic rings. The molecule has 0 saturated carbocycles. The molecule has 7 nitrogen and oxygen atoms in total. The molecule has 26 heavy (non-hydrogen) atoms. The Morgan fingerprint density at radius 2 is 2.23 bits per heavy atom. The van der Waals surface area contributed by atoms with Crippen molar-refractivity contribution in [2.45, 2.75) is 32.9 Å². The number of guanidine groups is 1. The van der Waals surface area contributed by atoms with Crippen LogP contribution >= 0.6 is 0 Å². The molecule has 1 unspecified atom stereocenters. The van der Waals surface area contributed by atoms with E-state index in [-0.39, 0.29) is 0 Å². The lowest BCUT2D eigenvalue weighted by molar-refractivity contribution is 0.223. The van der Waals surface area contributed by atoms with Gasteiger partial charge in [0, 0.05) is 38.3 Å². The topological polar surface area (TPSA) is 72.4 Å². The molecule has 2 N–H and O–H groups in total. The van der Waals surface area contributed by atoms with Gasteiger partial charge in [0.15, 0.2) is 11.8 Å². The molecule has 140 valence electrons. The molecule has 1 saturated heterocycles. The van der Waals surface area contributed by atoms with E-state index in [9.17, 15) is 0 Å². The van der Waals surface area contributed by atoms with E-state index in [4.69, 9.17) is 0 Å². The second-order valence-electron chi connectivity index (χ2n) is 6.54. The van der Waals surface area contributed by atoms with Gasteiger partial charge >= 0.3 is 0 Å². The zero-order valence-electron chi connectivity index (χ0n) is 15.9. The van der Waals surface area contributed by atoms with E-state index in [1.807, 2.05) is 19.2 Å². The average molecular weight is 355 g/mol. The number of aromatic amines is 1. The van der Waals surface area contributed by atoms with Gasteiger partial charge in [-0.05, 0) is 31.1 Å². The van der Waals surface area contributed by atoms with E-state index in [0.29, 0.717) is 6.04 Å². The molecule has 0 radical (unpaired) electrons. The van der Waals surface area contributed by atoms with Crippen LogP contribution in [0.15, 0.2) is 35.6 Å². The first-order chi connectivity index (χ1) is 12.7. The van der Waals surface area contributed by atoms with Crippen LogP contribution in [0.4, 0.5) is 0 Å². The summed E-state index contributed by atoms with van der Waals surface area (Å²) >= 11 is 0. The van der Waals surface area contributed by atoms with E-state index in [2.05, 4.69) is 61.3 Å². The number of aliphatic imine (C=N–C) groups is 1. The SMILES string of the molecule is CCN(CC)C1CCN(C(=NC)NCc2cccc(-c3ncn[nH]3)c2)C1. The summed E-state index contributed by atoms with van der Waals surface area (Å²) in [5.74, 6) is 1.77. The highest BCUT2D eigenvalue weighted by Gasteiger charge is 2.27. The van der Waals surface area contributed by atoms with Crippen LogP contribution < -0.4 is 5.32 Å². The Morgan fingerprint density at radius 3 is 2.92 bits per heavy atom. The van der Waals surface area contributed by atoms with Crippen molar-refractivity contribution in [3.63, 3.8) is 0 Å². The van der Waals surface area contributed by atoms with Crippen LogP contribution in [0.2, 0.25) is 0 Å². The lowest BCUT2D eigenvalue weighted by atomic mass is 10.1. The molecule has 7 heteroatoms. The van der Waals surface area contributed by atoms with Crippen molar-refractivity contribution in [3.8, 4) is 11.4 Å². The fourth-order valence-corrected chi connectivity index (χ4v) is 3.66.